The molecule has 1 unspecified atom stereocenters. The maximum atomic E-state index is 12.1. The second kappa shape index (κ2) is 7.79. The van der Waals surface area contributed by atoms with Crippen molar-refractivity contribution in [1.82, 2.24) is 9.88 Å². The van der Waals surface area contributed by atoms with Gasteiger partial charge in [0.15, 0.2) is 0 Å². The SMILES string of the molecule is CN(CC1CCCO1)C(=O)c1csc(CCN)n1.Cl. The zero-order valence-electron chi connectivity index (χ0n) is 11.0. The maximum absolute atomic E-state index is 12.1. The number of likely N-dealkylation sites (N-methyl/N-ethyl adjacent to an activating group) is 1. The highest BCUT2D eigenvalue weighted by Gasteiger charge is 2.22. The van der Waals surface area contributed by atoms with Crippen LogP contribution >= 0.6 is 23.7 Å². The van der Waals surface area contributed by atoms with Crippen molar-refractivity contribution in [2.24, 2.45) is 5.73 Å². The first kappa shape index (κ1) is 16.4. The largest absolute Gasteiger partial charge is 0.376 e. The Hall–Kier alpha value is -0.690. The zero-order valence-corrected chi connectivity index (χ0v) is 12.6. The number of rotatable bonds is 5. The molecule has 2 heterocycles. The van der Waals surface area contributed by atoms with Crippen LogP contribution in [0.5, 0.6) is 0 Å². The lowest BCUT2D eigenvalue weighted by atomic mass is 10.2. The predicted octanol–water partition coefficient (Wildman–Crippen LogP) is 1.32. The van der Waals surface area contributed by atoms with Gasteiger partial charge in [-0.15, -0.1) is 23.7 Å². The molecule has 1 aromatic heterocycles. The van der Waals surface area contributed by atoms with Crippen LogP contribution < -0.4 is 5.73 Å². The number of halogens is 1. The summed E-state index contributed by atoms with van der Waals surface area (Å²) in [5.74, 6) is -0.0370. The van der Waals surface area contributed by atoms with Gasteiger partial charge in [-0.25, -0.2) is 4.98 Å². The topological polar surface area (TPSA) is 68.5 Å². The molecular weight excluding hydrogens is 286 g/mol. The standard InChI is InChI=1S/C12H19N3O2S.ClH/c1-15(7-9-3-2-6-17-9)12(16)10-8-18-11(14-10)4-5-13;/h8-9H,2-7,13H2,1H3;1H. The molecular formula is C12H20ClN3O2S. The number of amides is 1. The monoisotopic (exact) mass is 305 g/mol. The van der Waals surface area contributed by atoms with E-state index in [1.807, 2.05) is 0 Å². The first-order chi connectivity index (χ1) is 8.70. The van der Waals surface area contributed by atoms with Gasteiger partial charge in [0.2, 0.25) is 0 Å². The third-order valence-corrected chi connectivity index (χ3v) is 3.89. The Kier molecular flexibility index (Phi) is 6.71. The van der Waals surface area contributed by atoms with Gasteiger partial charge in [0.25, 0.3) is 5.91 Å². The molecule has 2 rings (SSSR count). The van der Waals surface area contributed by atoms with Crippen LogP contribution in [0.1, 0.15) is 28.3 Å². The lowest BCUT2D eigenvalue weighted by Crippen LogP contribution is -2.34. The highest BCUT2D eigenvalue weighted by Crippen LogP contribution is 2.15. The minimum atomic E-state index is -0.0370. The molecule has 1 aliphatic heterocycles. The van der Waals surface area contributed by atoms with Crippen molar-refractivity contribution in [3.8, 4) is 0 Å². The number of carbonyl (C=O) groups excluding carboxylic acids is 1. The van der Waals surface area contributed by atoms with Crippen molar-refractivity contribution < 1.29 is 9.53 Å². The number of ether oxygens (including phenoxy) is 1. The number of nitrogens with two attached hydrogens (primary N) is 1. The van der Waals surface area contributed by atoms with E-state index >= 15 is 0 Å². The van der Waals surface area contributed by atoms with Crippen LogP contribution in [0.15, 0.2) is 5.38 Å². The molecule has 108 valence electrons. The number of nitrogens with zero attached hydrogens (tertiary/aromatic N) is 2. The summed E-state index contributed by atoms with van der Waals surface area (Å²) < 4.78 is 5.53. The summed E-state index contributed by atoms with van der Waals surface area (Å²) in [6.07, 6.45) is 3.03. The van der Waals surface area contributed by atoms with Crippen molar-refractivity contribution in [1.29, 1.82) is 0 Å². The van der Waals surface area contributed by atoms with E-state index < -0.39 is 0 Å². The van der Waals surface area contributed by atoms with E-state index in [2.05, 4.69) is 4.98 Å². The van der Waals surface area contributed by atoms with Gasteiger partial charge >= 0.3 is 0 Å². The second-order valence-corrected chi connectivity index (χ2v) is 5.43. The van der Waals surface area contributed by atoms with E-state index in [-0.39, 0.29) is 24.4 Å². The smallest absolute Gasteiger partial charge is 0.273 e. The van der Waals surface area contributed by atoms with Crippen molar-refractivity contribution in [3.63, 3.8) is 0 Å². The average Bonchev–Trinajstić information content (AvgIpc) is 3.00. The molecule has 1 aromatic rings. The lowest BCUT2D eigenvalue weighted by molar-refractivity contribution is 0.0583. The van der Waals surface area contributed by atoms with E-state index in [9.17, 15) is 4.79 Å². The highest BCUT2D eigenvalue weighted by atomic mass is 35.5. The summed E-state index contributed by atoms with van der Waals surface area (Å²) in [6, 6.07) is 0. The van der Waals surface area contributed by atoms with Gasteiger partial charge < -0.3 is 15.4 Å². The van der Waals surface area contributed by atoms with E-state index in [1.165, 1.54) is 11.3 Å². The molecule has 0 saturated carbocycles. The van der Waals surface area contributed by atoms with Crippen LogP contribution in [0.25, 0.3) is 0 Å². The fourth-order valence-electron chi connectivity index (χ4n) is 2.02. The minimum absolute atomic E-state index is 0. The summed E-state index contributed by atoms with van der Waals surface area (Å²) >= 11 is 1.49. The van der Waals surface area contributed by atoms with Gasteiger partial charge in [-0.2, -0.15) is 0 Å². The van der Waals surface area contributed by atoms with Crippen LogP contribution in [0.3, 0.4) is 0 Å². The molecule has 0 aliphatic carbocycles. The Morgan fingerprint density at radius 1 is 1.68 bits per heavy atom. The van der Waals surface area contributed by atoms with Crippen LogP contribution in [-0.4, -0.2) is 48.6 Å². The molecule has 5 nitrogen and oxygen atoms in total. The fourth-order valence-corrected chi connectivity index (χ4v) is 2.81. The second-order valence-electron chi connectivity index (χ2n) is 4.49. The van der Waals surface area contributed by atoms with Crippen LogP contribution in [0.2, 0.25) is 0 Å². The van der Waals surface area contributed by atoms with E-state index in [4.69, 9.17) is 10.5 Å². The molecule has 0 radical (unpaired) electrons. The van der Waals surface area contributed by atoms with Crippen LogP contribution in [0, 0.1) is 0 Å². The third-order valence-electron chi connectivity index (χ3n) is 2.98. The first-order valence-electron chi connectivity index (χ1n) is 6.22. The van der Waals surface area contributed by atoms with E-state index in [1.54, 1.807) is 17.3 Å². The quantitative estimate of drug-likeness (QED) is 0.891. The zero-order chi connectivity index (χ0) is 13.0. The van der Waals surface area contributed by atoms with Gasteiger partial charge in [0, 0.05) is 32.0 Å². The summed E-state index contributed by atoms with van der Waals surface area (Å²) in [4.78, 5) is 18.1. The van der Waals surface area contributed by atoms with Crippen molar-refractivity contribution >= 4 is 29.7 Å². The number of aromatic nitrogens is 1. The van der Waals surface area contributed by atoms with E-state index in [0.29, 0.717) is 18.8 Å². The molecule has 19 heavy (non-hydrogen) atoms. The molecule has 1 amide bonds. The van der Waals surface area contributed by atoms with Gasteiger partial charge in [0.1, 0.15) is 5.69 Å². The molecule has 0 spiro atoms. The molecule has 1 fully saturated rings. The Morgan fingerprint density at radius 2 is 2.47 bits per heavy atom. The Morgan fingerprint density at radius 3 is 3.11 bits per heavy atom. The highest BCUT2D eigenvalue weighted by molar-refractivity contribution is 7.09. The molecule has 0 bridgehead atoms. The number of thiazole rings is 1. The Labute approximate surface area is 123 Å². The van der Waals surface area contributed by atoms with Gasteiger partial charge in [-0.3, -0.25) is 4.79 Å². The lowest BCUT2D eigenvalue weighted by Gasteiger charge is -2.19. The molecule has 1 saturated heterocycles. The van der Waals surface area contributed by atoms with E-state index in [0.717, 1.165) is 30.9 Å². The van der Waals surface area contributed by atoms with Crippen LogP contribution in [0.4, 0.5) is 0 Å². The van der Waals surface area contributed by atoms with Crippen molar-refractivity contribution in [2.75, 3.05) is 26.7 Å². The van der Waals surface area contributed by atoms with Crippen molar-refractivity contribution in [3.05, 3.63) is 16.1 Å². The normalized spacial score (nSPS) is 18.1. The van der Waals surface area contributed by atoms with Gasteiger partial charge in [-0.05, 0) is 19.4 Å². The van der Waals surface area contributed by atoms with Crippen LogP contribution in [-0.2, 0) is 11.2 Å². The molecule has 2 N–H and O–H groups in total. The minimum Gasteiger partial charge on any atom is -0.376 e. The molecule has 1 atom stereocenters. The Bertz CT molecular complexity index is 407. The number of hydrogen-bond donors (Lipinski definition) is 1. The number of hydrogen-bond acceptors (Lipinski definition) is 5. The van der Waals surface area contributed by atoms with Gasteiger partial charge in [0.05, 0.1) is 11.1 Å². The Balaban J connectivity index is 0.00000180. The fraction of sp³-hybridized carbons (Fsp3) is 0.667. The average molecular weight is 306 g/mol. The summed E-state index contributed by atoms with van der Waals surface area (Å²) in [6.45, 7) is 2.01. The third kappa shape index (κ3) is 4.42. The molecule has 0 aromatic carbocycles. The van der Waals surface area contributed by atoms with Gasteiger partial charge in [-0.1, -0.05) is 0 Å². The summed E-state index contributed by atoms with van der Waals surface area (Å²) in [5.41, 5.74) is 5.99. The number of carbonyl (C=O) groups is 1. The molecule has 1 aliphatic rings. The maximum Gasteiger partial charge on any atom is 0.273 e. The predicted molar refractivity (Wildman–Crippen MR) is 78.1 cm³/mol. The molecule has 7 heteroatoms. The summed E-state index contributed by atoms with van der Waals surface area (Å²) in [7, 11) is 1.80. The first-order valence-corrected chi connectivity index (χ1v) is 7.10. The summed E-state index contributed by atoms with van der Waals surface area (Å²) in [5, 5.41) is 2.73. The van der Waals surface area contributed by atoms with Crippen molar-refractivity contribution in [2.45, 2.75) is 25.4 Å².